The van der Waals surface area contributed by atoms with E-state index in [4.69, 9.17) is 16.3 Å². The van der Waals surface area contributed by atoms with Crippen LogP contribution in [0.15, 0.2) is 59.5 Å². The summed E-state index contributed by atoms with van der Waals surface area (Å²) in [5.74, 6) is -1.03. The maximum atomic E-state index is 12.8. The molecule has 0 radical (unpaired) electrons. The number of esters is 1. The maximum absolute atomic E-state index is 12.8. The second-order valence-corrected chi connectivity index (χ2v) is 6.86. The van der Waals surface area contributed by atoms with Gasteiger partial charge in [0.2, 0.25) is 11.3 Å². The zero-order valence-electron chi connectivity index (χ0n) is 16.6. The summed E-state index contributed by atoms with van der Waals surface area (Å²) in [6, 6.07) is 12.2. The van der Waals surface area contributed by atoms with Crippen molar-refractivity contribution < 1.29 is 14.3 Å². The van der Waals surface area contributed by atoms with Gasteiger partial charge in [-0.25, -0.2) is 4.79 Å². The molecule has 1 heterocycles. The smallest absolute Gasteiger partial charge is 0.343 e. The van der Waals surface area contributed by atoms with Crippen molar-refractivity contribution in [3.05, 3.63) is 81.1 Å². The van der Waals surface area contributed by atoms with Gasteiger partial charge in [0.15, 0.2) is 0 Å². The Morgan fingerprint density at radius 2 is 1.93 bits per heavy atom. The molecule has 30 heavy (non-hydrogen) atoms. The van der Waals surface area contributed by atoms with E-state index < -0.39 is 11.4 Å². The summed E-state index contributed by atoms with van der Waals surface area (Å²) in [6.07, 6.45) is 4.49. The van der Waals surface area contributed by atoms with Crippen molar-refractivity contribution >= 4 is 46.1 Å². The van der Waals surface area contributed by atoms with Crippen LogP contribution in [-0.4, -0.2) is 23.1 Å². The van der Waals surface area contributed by atoms with Gasteiger partial charge in [-0.1, -0.05) is 29.8 Å². The standard InChI is InChI=1S/C23H21ClN2O4/c1-3-26-14-18(23(29)30-4-2)22(28)17-13-16(10-11-20(17)26)25-21(27)12-9-15-7-5-6-8-19(15)24/h5-14H,3-4H2,1-2H3,(H,25,27)/b12-9+. The van der Waals surface area contributed by atoms with Crippen LogP contribution in [0.3, 0.4) is 0 Å². The van der Waals surface area contributed by atoms with Gasteiger partial charge in [0, 0.05) is 34.9 Å². The second kappa shape index (κ2) is 9.41. The van der Waals surface area contributed by atoms with E-state index in [9.17, 15) is 14.4 Å². The fourth-order valence-corrected chi connectivity index (χ4v) is 3.25. The van der Waals surface area contributed by atoms with Gasteiger partial charge >= 0.3 is 5.97 Å². The molecular weight excluding hydrogens is 404 g/mol. The van der Waals surface area contributed by atoms with E-state index in [1.54, 1.807) is 47.9 Å². The molecule has 0 saturated heterocycles. The third-order valence-corrected chi connectivity index (χ3v) is 4.85. The minimum atomic E-state index is -0.663. The lowest BCUT2D eigenvalue weighted by Gasteiger charge is -2.12. The molecule has 154 valence electrons. The van der Waals surface area contributed by atoms with E-state index in [0.717, 1.165) is 5.56 Å². The molecule has 0 fully saturated rings. The number of nitrogens with zero attached hydrogens (tertiary/aromatic N) is 1. The fourth-order valence-electron chi connectivity index (χ4n) is 3.05. The van der Waals surface area contributed by atoms with Gasteiger partial charge in [-0.2, -0.15) is 0 Å². The second-order valence-electron chi connectivity index (χ2n) is 6.45. The van der Waals surface area contributed by atoms with E-state index in [0.29, 0.717) is 28.2 Å². The van der Waals surface area contributed by atoms with Gasteiger partial charge in [-0.3, -0.25) is 9.59 Å². The molecule has 0 saturated carbocycles. The number of anilines is 1. The normalized spacial score (nSPS) is 11.0. The number of hydrogen-bond acceptors (Lipinski definition) is 4. The number of hydrogen-bond donors (Lipinski definition) is 1. The predicted molar refractivity (Wildman–Crippen MR) is 119 cm³/mol. The van der Waals surface area contributed by atoms with Gasteiger partial charge in [-0.05, 0) is 49.8 Å². The van der Waals surface area contributed by atoms with Crippen molar-refractivity contribution in [2.24, 2.45) is 0 Å². The van der Waals surface area contributed by atoms with Crippen LogP contribution in [0.4, 0.5) is 5.69 Å². The molecule has 0 aliphatic carbocycles. The van der Waals surface area contributed by atoms with Gasteiger partial charge in [0.25, 0.3) is 0 Å². The molecule has 1 amide bonds. The lowest BCUT2D eigenvalue weighted by molar-refractivity contribution is -0.111. The van der Waals surface area contributed by atoms with Crippen LogP contribution < -0.4 is 10.7 Å². The highest BCUT2D eigenvalue weighted by atomic mass is 35.5. The summed E-state index contributed by atoms with van der Waals surface area (Å²) in [4.78, 5) is 37.3. The lowest BCUT2D eigenvalue weighted by Crippen LogP contribution is -2.21. The predicted octanol–water partition coefficient (Wildman–Crippen LogP) is 4.50. The highest BCUT2D eigenvalue weighted by molar-refractivity contribution is 6.32. The molecule has 6 nitrogen and oxygen atoms in total. The molecule has 1 aromatic heterocycles. The van der Waals surface area contributed by atoms with Crippen LogP contribution >= 0.6 is 11.6 Å². The largest absolute Gasteiger partial charge is 0.462 e. The third kappa shape index (κ3) is 4.60. The fraction of sp³-hybridized carbons (Fsp3) is 0.174. The maximum Gasteiger partial charge on any atom is 0.343 e. The molecule has 3 rings (SSSR count). The monoisotopic (exact) mass is 424 g/mol. The molecule has 7 heteroatoms. The third-order valence-electron chi connectivity index (χ3n) is 4.50. The molecule has 0 spiro atoms. The average Bonchev–Trinajstić information content (AvgIpc) is 2.74. The summed E-state index contributed by atoms with van der Waals surface area (Å²) in [6.45, 7) is 4.33. The van der Waals surface area contributed by atoms with Crippen molar-refractivity contribution in [3.63, 3.8) is 0 Å². The number of aryl methyl sites for hydroxylation is 1. The van der Waals surface area contributed by atoms with Crippen LogP contribution in [-0.2, 0) is 16.1 Å². The zero-order chi connectivity index (χ0) is 21.7. The number of aromatic nitrogens is 1. The van der Waals surface area contributed by atoms with Crippen molar-refractivity contribution in [1.29, 1.82) is 0 Å². The minimum absolute atomic E-state index is 0.0340. The van der Waals surface area contributed by atoms with Gasteiger partial charge in [-0.15, -0.1) is 0 Å². The molecular formula is C23H21ClN2O4. The minimum Gasteiger partial charge on any atom is -0.462 e. The highest BCUT2D eigenvalue weighted by Crippen LogP contribution is 2.19. The van der Waals surface area contributed by atoms with E-state index in [-0.39, 0.29) is 18.1 Å². The summed E-state index contributed by atoms with van der Waals surface area (Å²) < 4.78 is 6.79. The molecule has 0 unspecified atom stereocenters. The Balaban J connectivity index is 1.93. The molecule has 3 aromatic rings. The Labute approximate surface area is 178 Å². The Morgan fingerprint density at radius 1 is 1.17 bits per heavy atom. The van der Waals surface area contributed by atoms with Gasteiger partial charge in [0.1, 0.15) is 5.56 Å². The number of benzene rings is 2. The topological polar surface area (TPSA) is 77.4 Å². The quantitative estimate of drug-likeness (QED) is 0.466. The molecule has 0 bridgehead atoms. The molecule has 0 atom stereocenters. The van der Waals surface area contributed by atoms with Crippen LogP contribution in [0, 0.1) is 0 Å². The van der Waals surface area contributed by atoms with Crippen molar-refractivity contribution in [1.82, 2.24) is 4.57 Å². The zero-order valence-corrected chi connectivity index (χ0v) is 17.4. The number of carbonyl (C=O) groups is 2. The molecule has 0 aliphatic heterocycles. The lowest BCUT2D eigenvalue weighted by atomic mass is 10.1. The van der Waals surface area contributed by atoms with Crippen LogP contribution in [0.1, 0.15) is 29.8 Å². The Hall–Kier alpha value is -3.38. The number of nitrogens with one attached hydrogen (secondary N) is 1. The van der Waals surface area contributed by atoms with Crippen molar-refractivity contribution in [2.75, 3.05) is 11.9 Å². The number of ether oxygens (including phenoxy) is 1. The molecule has 1 N–H and O–H groups in total. The first-order chi connectivity index (χ1) is 14.4. The summed E-state index contributed by atoms with van der Waals surface area (Å²) >= 11 is 6.08. The van der Waals surface area contributed by atoms with E-state index >= 15 is 0 Å². The van der Waals surface area contributed by atoms with Crippen LogP contribution in [0.25, 0.3) is 17.0 Å². The number of pyridine rings is 1. The summed E-state index contributed by atoms with van der Waals surface area (Å²) in [5.41, 5.74) is 1.36. The number of carbonyl (C=O) groups excluding carboxylic acids is 2. The Kier molecular flexibility index (Phi) is 6.69. The van der Waals surface area contributed by atoms with Crippen LogP contribution in [0.2, 0.25) is 5.02 Å². The summed E-state index contributed by atoms with van der Waals surface area (Å²) in [5, 5.41) is 3.60. The number of rotatable bonds is 6. The molecule has 2 aromatic carbocycles. The van der Waals surface area contributed by atoms with Crippen LogP contribution in [0.5, 0.6) is 0 Å². The van der Waals surface area contributed by atoms with Gasteiger partial charge < -0.3 is 14.6 Å². The van der Waals surface area contributed by atoms with E-state index in [2.05, 4.69) is 5.32 Å². The SMILES string of the molecule is CCOC(=O)c1cn(CC)c2ccc(NC(=O)/C=C/c3ccccc3Cl)cc2c1=O. The Morgan fingerprint density at radius 3 is 2.63 bits per heavy atom. The van der Waals surface area contributed by atoms with Crippen molar-refractivity contribution in [2.45, 2.75) is 20.4 Å². The van der Waals surface area contributed by atoms with E-state index in [1.165, 1.54) is 12.3 Å². The molecule has 0 aliphatic rings. The number of halogens is 1. The van der Waals surface area contributed by atoms with Crippen molar-refractivity contribution in [3.8, 4) is 0 Å². The summed E-state index contributed by atoms with van der Waals surface area (Å²) in [7, 11) is 0. The number of fused-ring (bicyclic) bond motifs is 1. The number of amides is 1. The average molecular weight is 425 g/mol. The van der Waals surface area contributed by atoms with Gasteiger partial charge in [0.05, 0.1) is 12.1 Å². The van der Waals surface area contributed by atoms with E-state index in [1.807, 2.05) is 19.1 Å². The first kappa shape index (κ1) is 21.3. The highest BCUT2D eigenvalue weighted by Gasteiger charge is 2.16. The first-order valence-electron chi connectivity index (χ1n) is 9.52. The first-order valence-corrected chi connectivity index (χ1v) is 9.90. The Bertz CT molecular complexity index is 1200.